The highest BCUT2D eigenvalue weighted by atomic mass is 35.5. The van der Waals surface area contributed by atoms with E-state index in [0.717, 1.165) is 4.57 Å². The van der Waals surface area contributed by atoms with E-state index < -0.39 is 34.9 Å². The zero-order chi connectivity index (χ0) is 17.1. The van der Waals surface area contributed by atoms with Crippen molar-refractivity contribution < 1.29 is 18.0 Å². The van der Waals surface area contributed by atoms with E-state index in [0.29, 0.717) is 6.42 Å². The molecule has 1 amide bonds. The van der Waals surface area contributed by atoms with Crippen LogP contribution in [0, 0.1) is 0 Å². The molecule has 1 heterocycles. The van der Waals surface area contributed by atoms with E-state index in [2.05, 4.69) is 0 Å². The molecule has 1 rings (SSSR count). The zero-order valence-electron chi connectivity index (χ0n) is 11.7. The van der Waals surface area contributed by atoms with Gasteiger partial charge in [-0.3, -0.25) is 14.2 Å². The highest BCUT2D eigenvalue weighted by Gasteiger charge is 2.47. The highest BCUT2D eigenvalue weighted by Crippen LogP contribution is 2.34. The van der Waals surface area contributed by atoms with Gasteiger partial charge in [0.2, 0.25) is 5.91 Å². The Balaban J connectivity index is 3.60. The Morgan fingerprint density at radius 3 is 2.41 bits per heavy atom. The number of carbonyl (C=O) groups is 1. The van der Waals surface area contributed by atoms with Crippen molar-refractivity contribution in [3.05, 3.63) is 32.1 Å². The molecule has 0 saturated carbocycles. The van der Waals surface area contributed by atoms with Crippen LogP contribution in [0.4, 0.5) is 13.2 Å². The van der Waals surface area contributed by atoms with Gasteiger partial charge in [-0.15, -0.1) is 11.6 Å². The number of aromatic nitrogens is 2. The maximum atomic E-state index is 13.0. The molecule has 0 radical (unpaired) electrons. The molecular formula is C12H15ClF3N3O3. The third-order valence-electron chi connectivity index (χ3n) is 3.08. The van der Waals surface area contributed by atoms with Crippen LogP contribution in [0.25, 0.3) is 0 Å². The molecule has 0 aliphatic heterocycles. The molecule has 0 fully saturated rings. The second-order valence-corrected chi connectivity index (χ2v) is 4.93. The number of H-pyrrole nitrogens is 1. The summed E-state index contributed by atoms with van der Waals surface area (Å²) in [5.41, 5.74) is 1.80. The molecule has 1 atom stereocenters. The largest absolute Gasteiger partial charge is 0.405 e. The van der Waals surface area contributed by atoms with Crippen molar-refractivity contribution in [1.82, 2.24) is 9.55 Å². The maximum absolute atomic E-state index is 13.0. The van der Waals surface area contributed by atoms with E-state index in [1.165, 1.54) is 6.92 Å². The molecule has 22 heavy (non-hydrogen) atoms. The number of nitrogens with zero attached hydrogens (tertiary/aromatic N) is 1. The number of nitrogens with two attached hydrogens (primary N) is 1. The van der Waals surface area contributed by atoms with Gasteiger partial charge >= 0.3 is 11.9 Å². The van der Waals surface area contributed by atoms with Crippen molar-refractivity contribution in [2.24, 2.45) is 5.73 Å². The monoisotopic (exact) mass is 341 g/mol. The van der Waals surface area contributed by atoms with Crippen molar-refractivity contribution >= 4 is 17.5 Å². The summed E-state index contributed by atoms with van der Waals surface area (Å²) < 4.78 is 39.7. The van der Waals surface area contributed by atoms with Crippen LogP contribution in [0.5, 0.6) is 0 Å². The molecule has 6 nitrogen and oxygen atoms in total. The Morgan fingerprint density at radius 1 is 1.41 bits per heavy atom. The highest BCUT2D eigenvalue weighted by molar-refractivity contribution is 6.17. The van der Waals surface area contributed by atoms with Crippen molar-refractivity contribution in [3.8, 4) is 0 Å². The van der Waals surface area contributed by atoms with Gasteiger partial charge in [0.25, 0.3) is 5.56 Å². The molecule has 1 unspecified atom stereocenters. The van der Waals surface area contributed by atoms with Crippen molar-refractivity contribution in [1.29, 1.82) is 0 Å². The van der Waals surface area contributed by atoms with Gasteiger partial charge in [-0.25, -0.2) is 4.79 Å². The van der Waals surface area contributed by atoms with Crippen LogP contribution in [0.3, 0.4) is 0 Å². The van der Waals surface area contributed by atoms with Crippen molar-refractivity contribution in [3.63, 3.8) is 0 Å². The van der Waals surface area contributed by atoms with E-state index in [9.17, 15) is 27.6 Å². The van der Waals surface area contributed by atoms with Gasteiger partial charge < -0.3 is 10.7 Å². The fourth-order valence-electron chi connectivity index (χ4n) is 2.10. The molecule has 0 aliphatic carbocycles. The van der Waals surface area contributed by atoms with Crippen LogP contribution in [0.1, 0.15) is 30.5 Å². The average Bonchev–Trinajstić information content (AvgIpc) is 2.36. The summed E-state index contributed by atoms with van der Waals surface area (Å²) in [6.45, 7) is 1.41. The van der Waals surface area contributed by atoms with Gasteiger partial charge in [-0.2, -0.15) is 13.2 Å². The van der Waals surface area contributed by atoms with Gasteiger partial charge in [0, 0.05) is 23.7 Å². The van der Waals surface area contributed by atoms with Gasteiger partial charge in [-0.05, 0) is 12.8 Å². The molecule has 3 N–H and O–H groups in total. The summed E-state index contributed by atoms with van der Waals surface area (Å²) in [5.74, 6) is -4.23. The first kappa shape index (κ1) is 18.3. The first-order valence-corrected chi connectivity index (χ1v) is 6.96. The lowest BCUT2D eigenvalue weighted by Crippen LogP contribution is -2.43. The Hall–Kier alpha value is -1.77. The minimum absolute atomic E-state index is 0.0296. The summed E-state index contributed by atoms with van der Waals surface area (Å²) >= 11 is 5.48. The van der Waals surface area contributed by atoms with Crippen molar-refractivity contribution in [2.45, 2.75) is 38.4 Å². The van der Waals surface area contributed by atoms with Gasteiger partial charge in [-0.1, -0.05) is 6.92 Å². The lowest BCUT2D eigenvalue weighted by molar-refractivity contribution is -0.163. The molecule has 0 spiro atoms. The normalized spacial score (nSPS) is 13.1. The summed E-state index contributed by atoms with van der Waals surface area (Å²) in [6.07, 6.45) is -4.80. The van der Waals surface area contributed by atoms with E-state index in [-0.39, 0.29) is 24.4 Å². The number of alkyl halides is 4. The first-order valence-electron chi connectivity index (χ1n) is 6.43. The third-order valence-corrected chi connectivity index (χ3v) is 3.35. The summed E-state index contributed by atoms with van der Waals surface area (Å²) in [5, 5.41) is 0. The van der Waals surface area contributed by atoms with E-state index in [1.54, 1.807) is 0 Å². The van der Waals surface area contributed by atoms with Crippen LogP contribution in [0.15, 0.2) is 9.59 Å². The Morgan fingerprint density at radius 2 is 2.00 bits per heavy atom. The predicted molar refractivity (Wildman–Crippen MR) is 74.0 cm³/mol. The number of halogens is 4. The second kappa shape index (κ2) is 6.99. The lowest BCUT2D eigenvalue weighted by atomic mass is 9.98. The van der Waals surface area contributed by atoms with Crippen molar-refractivity contribution in [2.75, 3.05) is 5.88 Å². The molecule has 0 aromatic carbocycles. The molecule has 124 valence electrons. The van der Waals surface area contributed by atoms with E-state index in [1.807, 2.05) is 4.98 Å². The summed E-state index contributed by atoms with van der Waals surface area (Å²) in [6, 6.07) is 0. The number of rotatable bonds is 6. The Kier molecular flexibility index (Phi) is 5.81. The molecule has 0 bridgehead atoms. The number of nitrogens with one attached hydrogen (secondary N) is 1. The fraction of sp³-hybridized carbons (Fsp3) is 0.583. The minimum atomic E-state index is -5.01. The smallest absolute Gasteiger partial charge is 0.369 e. The maximum Gasteiger partial charge on any atom is 0.405 e. The van der Waals surface area contributed by atoms with E-state index >= 15 is 0 Å². The number of aromatic amines is 1. The average molecular weight is 342 g/mol. The summed E-state index contributed by atoms with van der Waals surface area (Å²) in [4.78, 5) is 37.1. The Labute approximate surface area is 128 Å². The molecule has 10 heteroatoms. The van der Waals surface area contributed by atoms with Gasteiger partial charge in [0.05, 0.1) is 0 Å². The van der Waals surface area contributed by atoms with Crippen LogP contribution >= 0.6 is 11.6 Å². The van der Waals surface area contributed by atoms with Crippen LogP contribution in [-0.2, 0) is 17.8 Å². The SMILES string of the molecule is CCc1c(C(C(N)=O)C(F)(F)F)[nH]c(=O)n(CCCCl)c1=O. The van der Waals surface area contributed by atoms with E-state index in [4.69, 9.17) is 17.3 Å². The summed E-state index contributed by atoms with van der Waals surface area (Å²) in [7, 11) is 0. The molecule has 1 aromatic rings. The number of hydrogen-bond donors (Lipinski definition) is 2. The Bertz CT molecular complexity index is 666. The lowest BCUT2D eigenvalue weighted by Gasteiger charge is -2.20. The van der Waals surface area contributed by atoms with Crippen LogP contribution in [0.2, 0.25) is 0 Å². The second-order valence-electron chi connectivity index (χ2n) is 4.55. The standard InChI is InChI=1S/C12H15ClF3N3O3/c1-2-6-8(7(9(17)20)12(14,15)16)18-11(22)19(10(6)21)5-3-4-13/h7H,2-5H2,1H3,(H2,17,20)(H,18,22). The molecular weight excluding hydrogens is 327 g/mol. The number of primary amides is 1. The minimum Gasteiger partial charge on any atom is -0.369 e. The number of hydrogen-bond acceptors (Lipinski definition) is 3. The fourth-order valence-corrected chi connectivity index (χ4v) is 2.22. The molecule has 0 aliphatic rings. The zero-order valence-corrected chi connectivity index (χ0v) is 12.4. The topological polar surface area (TPSA) is 97.9 Å². The van der Waals surface area contributed by atoms with Crippen LogP contribution in [-0.4, -0.2) is 27.5 Å². The number of amides is 1. The molecule has 0 saturated heterocycles. The quantitative estimate of drug-likeness (QED) is 0.751. The van der Waals surface area contributed by atoms with Crippen LogP contribution < -0.4 is 17.0 Å². The third kappa shape index (κ3) is 3.70. The number of carbonyl (C=O) groups excluding carboxylic acids is 1. The van der Waals surface area contributed by atoms with Gasteiger partial charge in [0.1, 0.15) is 0 Å². The van der Waals surface area contributed by atoms with Gasteiger partial charge in [0.15, 0.2) is 5.92 Å². The first-order chi connectivity index (χ1) is 10.1. The predicted octanol–water partition coefficient (Wildman–Crippen LogP) is 0.859. The molecule has 1 aromatic heterocycles.